The van der Waals surface area contributed by atoms with E-state index in [4.69, 9.17) is 14.6 Å². The van der Waals surface area contributed by atoms with Crippen LogP contribution >= 0.6 is 11.8 Å². The van der Waals surface area contributed by atoms with Gasteiger partial charge in [-0.05, 0) is 42.7 Å². The minimum absolute atomic E-state index is 0.0508. The number of sulfonamides is 1. The second kappa shape index (κ2) is 10.5. The van der Waals surface area contributed by atoms with Gasteiger partial charge in [0.1, 0.15) is 0 Å². The lowest BCUT2D eigenvalue weighted by Crippen LogP contribution is -2.24. The van der Waals surface area contributed by atoms with Crippen molar-refractivity contribution >= 4 is 32.7 Å². The van der Waals surface area contributed by atoms with E-state index in [1.165, 1.54) is 23.9 Å². The number of nitrogens with two attached hydrogens (primary N) is 1. The van der Waals surface area contributed by atoms with Crippen LogP contribution in [0.5, 0.6) is 0 Å². The van der Waals surface area contributed by atoms with Crippen LogP contribution in [0.1, 0.15) is 37.0 Å². The lowest BCUT2D eigenvalue weighted by molar-refractivity contribution is 0.384. The fourth-order valence-electron chi connectivity index (χ4n) is 3.45. The zero-order valence-electron chi connectivity index (χ0n) is 18.7. The van der Waals surface area contributed by atoms with Gasteiger partial charge in [-0.25, -0.2) is 18.5 Å². The molecule has 4 rings (SSSR count). The molecule has 2 N–H and O–H groups in total. The molecule has 0 aliphatic carbocycles. The summed E-state index contributed by atoms with van der Waals surface area (Å²) in [6.07, 6.45) is 3.33. The van der Waals surface area contributed by atoms with Gasteiger partial charge in [-0.15, -0.1) is 0 Å². The van der Waals surface area contributed by atoms with Gasteiger partial charge in [-0.3, -0.25) is 9.36 Å². The number of hydrogen-bond donors (Lipinski definition) is 1. The summed E-state index contributed by atoms with van der Waals surface area (Å²) < 4.78 is 30.0. The molecule has 11 heteroatoms. The number of fused-ring (bicyclic) bond motifs is 1. The highest BCUT2D eigenvalue weighted by molar-refractivity contribution is 7.98. The summed E-state index contributed by atoms with van der Waals surface area (Å²) in [6, 6.07) is 13.6. The number of unbranched alkanes of at least 4 members (excludes halogenated alkanes) is 1. The molecule has 0 aliphatic heterocycles. The van der Waals surface area contributed by atoms with Crippen molar-refractivity contribution in [2.24, 2.45) is 5.14 Å². The Balaban J connectivity index is 1.57. The maximum atomic E-state index is 13.3. The average molecular weight is 500 g/mol. The number of rotatable bonds is 10. The first-order valence-corrected chi connectivity index (χ1v) is 13.4. The third-order valence-electron chi connectivity index (χ3n) is 5.29. The predicted molar refractivity (Wildman–Crippen MR) is 130 cm³/mol. The monoisotopic (exact) mass is 499 g/mol. The van der Waals surface area contributed by atoms with Gasteiger partial charge in [0.15, 0.2) is 11.0 Å². The molecular formula is C23H25N5O4S2. The molecular weight excluding hydrogens is 474 g/mol. The van der Waals surface area contributed by atoms with E-state index in [0.717, 1.165) is 24.8 Å². The smallest absolute Gasteiger partial charge is 0.262 e. The molecule has 0 fully saturated rings. The van der Waals surface area contributed by atoms with Crippen molar-refractivity contribution in [3.8, 4) is 0 Å². The Morgan fingerprint density at radius 1 is 1.06 bits per heavy atom. The number of primary sulfonamides is 1. The normalized spacial score (nSPS) is 11.8. The van der Waals surface area contributed by atoms with Gasteiger partial charge in [0.05, 0.1) is 21.6 Å². The van der Waals surface area contributed by atoms with Crippen LogP contribution in [0.3, 0.4) is 0 Å². The van der Waals surface area contributed by atoms with Crippen molar-refractivity contribution in [2.45, 2.75) is 55.0 Å². The number of para-hydroxylation sites is 1. The Morgan fingerprint density at radius 2 is 1.82 bits per heavy atom. The van der Waals surface area contributed by atoms with Gasteiger partial charge in [0.2, 0.25) is 15.9 Å². The molecule has 0 atom stereocenters. The molecule has 0 saturated carbocycles. The highest BCUT2D eigenvalue weighted by atomic mass is 32.2. The summed E-state index contributed by atoms with van der Waals surface area (Å²) in [7, 11) is -3.75. The zero-order valence-corrected chi connectivity index (χ0v) is 20.3. The second-order valence-electron chi connectivity index (χ2n) is 7.80. The largest absolute Gasteiger partial charge is 0.338 e. The molecule has 2 aromatic heterocycles. The quantitative estimate of drug-likeness (QED) is 0.259. The third kappa shape index (κ3) is 5.72. The standard InChI is InChI=1S/C23H25N5O4S2/c1-2-3-8-20-26-21(32-27-20)15-33-23-25-19-7-5-4-6-18(19)22(29)28(23)14-13-16-9-11-17(12-10-16)34(24,30)31/h4-7,9-12H,2-3,8,13-15H2,1H3,(H2,24,30,31). The minimum Gasteiger partial charge on any atom is -0.338 e. The van der Waals surface area contributed by atoms with E-state index in [2.05, 4.69) is 17.1 Å². The summed E-state index contributed by atoms with van der Waals surface area (Å²) in [5.41, 5.74) is 1.36. The van der Waals surface area contributed by atoms with Crippen molar-refractivity contribution in [3.05, 3.63) is 76.2 Å². The number of aromatic nitrogens is 4. The van der Waals surface area contributed by atoms with Crippen LogP contribution in [-0.2, 0) is 35.2 Å². The molecule has 2 aromatic carbocycles. The first-order chi connectivity index (χ1) is 16.3. The Labute approximate surface area is 201 Å². The highest BCUT2D eigenvalue weighted by Crippen LogP contribution is 2.22. The third-order valence-corrected chi connectivity index (χ3v) is 7.18. The van der Waals surface area contributed by atoms with E-state index in [1.54, 1.807) is 22.8 Å². The number of aryl methyl sites for hydroxylation is 2. The molecule has 0 amide bonds. The van der Waals surface area contributed by atoms with E-state index >= 15 is 0 Å². The van der Waals surface area contributed by atoms with Gasteiger partial charge >= 0.3 is 0 Å². The fourth-order valence-corrected chi connectivity index (χ4v) is 4.83. The van der Waals surface area contributed by atoms with Crippen LogP contribution in [-0.4, -0.2) is 28.1 Å². The van der Waals surface area contributed by atoms with E-state index in [0.29, 0.717) is 46.5 Å². The Kier molecular flexibility index (Phi) is 7.44. The summed E-state index contributed by atoms with van der Waals surface area (Å²) >= 11 is 1.37. The van der Waals surface area contributed by atoms with Crippen LogP contribution < -0.4 is 10.7 Å². The van der Waals surface area contributed by atoms with Crippen LogP contribution in [0, 0.1) is 0 Å². The second-order valence-corrected chi connectivity index (χ2v) is 10.3. The van der Waals surface area contributed by atoms with Crippen LogP contribution in [0.2, 0.25) is 0 Å². The molecule has 0 radical (unpaired) electrons. The van der Waals surface area contributed by atoms with Crippen LogP contribution in [0.25, 0.3) is 10.9 Å². The molecule has 2 heterocycles. The van der Waals surface area contributed by atoms with Crippen molar-refractivity contribution in [1.82, 2.24) is 19.7 Å². The molecule has 9 nitrogen and oxygen atoms in total. The fraction of sp³-hybridized carbons (Fsp3) is 0.304. The maximum absolute atomic E-state index is 13.3. The minimum atomic E-state index is -3.75. The van der Waals surface area contributed by atoms with E-state index < -0.39 is 10.0 Å². The van der Waals surface area contributed by atoms with Gasteiger partial charge in [-0.2, -0.15) is 4.98 Å². The molecule has 0 unspecified atom stereocenters. The summed E-state index contributed by atoms with van der Waals surface area (Å²) in [5.74, 6) is 1.57. The molecule has 178 valence electrons. The SMILES string of the molecule is CCCCc1noc(CSc2nc3ccccc3c(=O)n2CCc2ccc(S(N)(=O)=O)cc2)n1. The lowest BCUT2D eigenvalue weighted by Gasteiger charge is -2.13. The molecule has 0 aliphatic rings. The first kappa shape index (κ1) is 24.1. The van der Waals surface area contributed by atoms with Gasteiger partial charge in [-0.1, -0.05) is 54.5 Å². The summed E-state index contributed by atoms with van der Waals surface area (Å²) in [5, 5.41) is 10.3. The Bertz CT molecular complexity index is 1450. The predicted octanol–water partition coefficient (Wildman–Crippen LogP) is 3.30. The van der Waals surface area contributed by atoms with Gasteiger partial charge in [0, 0.05) is 13.0 Å². The van der Waals surface area contributed by atoms with E-state index in [-0.39, 0.29) is 10.5 Å². The Morgan fingerprint density at radius 3 is 2.56 bits per heavy atom. The van der Waals surface area contributed by atoms with Crippen molar-refractivity contribution < 1.29 is 12.9 Å². The van der Waals surface area contributed by atoms with Gasteiger partial charge < -0.3 is 4.52 Å². The first-order valence-electron chi connectivity index (χ1n) is 10.9. The van der Waals surface area contributed by atoms with Crippen molar-refractivity contribution in [1.29, 1.82) is 0 Å². The van der Waals surface area contributed by atoms with Crippen LogP contribution in [0.15, 0.2) is 67.9 Å². The van der Waals surface area contributed by atoms with Crippen molar-refractivity contribution in [3.63, 3.8) is 0 Å². The topological polar surface area (TPSA) is 134 Å². The summed E-state index contributed by atoms with van der Waals surface area (Å²) in [6.45, 7) is 2.48. The van der Waals surface area contributed by atoms with Crippen molar-refractivity contribution in [2.75, 3.05) is 0 Å². The molecule has 0 saturated heterocycles. The van der Waals surface area contributed by atoms with Crippen LogP contribution in [0.4, 0.5) is 0 Å². The average Bonchev–Trinajstić information content (AvgIpc) is 3.28. The Hall–Kier alpha value is -3.02. The molecule has 4 aromatic rings. The number of thioether (sulfide) groups is 1. The number of hydrogen-bond acceptors (Lipinski definition) is 8. The summed E-state index contributed by atoms with van der Waals surface area (Å²) in [4.78, 5) is 22.4. The van der Waals surface area contributed by atoms with E-state index in [1.807, 2.05) is 18.2 Å². The number of benzene rings is 2. The molecule has 0 bridgehead atoms. The zero-order chi connectivity index (χ0) is 24.1. The lowest BCUT2D eigenvalue weighted by atomic mass is 10.1. The molecule has 0 spiro atoms. The highest BCUT2D eigenvalue weighted by Gasteiger charge is 2.14. The maximum Gasteiger partial charge on any atom is 0.262 e. The van der Waals surface area contributed by atoms with Gasteiger partial charge in [0.25, 0.3) is 5.56 Å². The number of nitrogens with zero attached hydrogens (tertiary/aromatic N) is 4. The van der Waals surface area contributed by atoms with E-state index in [9.17, 15) is 13.2 Å². The molecule has 34 heavy (non-hydrogen) atoms.